The van der Waals surface area contributed by atoms with Gasteiger partial charge < -0.3 is 29.7 Å². The molecule has 3 atom stereocenters. The molecule has 2 aromatic rings. The molecule has 1 N–H and O–H groups in total. The molecule has 0 aliphatic carbocycles. The number of quaternary nitrogens is 1. The average Bonchev–Trinajstić information content (AvgIpc) is 3.26. The Morgan fingerprint density at radius 1 is 1.03 bits per heavy atom. The molecule has 3 unspecified atom stereocenters. The summed E-state index contributed by atoms with van der Waals surface area (Å²) in [7, 11) is 3.34. The number of urea groups is 1. The molecule has 12 heteroatoms. The van der Waals surface area contributed by atoms with Crippen LogP contribution in [0.2, 0.25) is 0 Å². The highest BCUT2D eigenvalue weighted by molar-refractivity contribution is 5.78. The van der Waals surface area contributed by atoms with Gasteiger partial charge in [0.1, 0.15) is 23.5 Å². The van der Waals surface area contributed by atoms with Crippen molar-refractivity contribution in [2.45, 2.75) is 24.7 Å². The van der Waals surface area contributed by atoms with E-state index >= 15 is 0 Å². The predicted molar refractivity (Wildman–Crippen MR) is 137 cm³/mol. The number of amides is 3. The number of nitrogens with zero attached hydrogens (tertiary/aromatic N) is 4. The topological polar surface area (TPSA) is 83.8 Å². The Bertz CT molecular complexity index is 1240. The first kappa shape index (κ1) is 26.8. The number of ether oxygens (including phenoxy) is 1. The highest BCUT2D eigenvalue weighted by Gasteiger charge is 2.45. The Morgan fingerprint density at radius 3 is 2.28 bits per heavy atom. The third-order valence-corrected chi connectivity index (χ3v) is 7.66. The van der Waals surface area contributed by atoms with E-state index < -0.39 is 11.7 Å². The fraction of sp³-hybridized carbons (Fsp3) is 0.407. The van der Waals surface area contributed by atoms with E-state index in [1.807, 2.05) is 17.0 Å². The summed E-state index contributed by atoms with van der Waals surface area (Å²) in [5.74, 6) is 0.328. The molecule has 3 heterocycles. The monoisotopic (exact) mass is 545 g/mol. The molecule has 9 nitrogen and oxygen atoms in total. The van der Waals surface area contributed by atoms with Crippen molar-refractivity contribution >= 4 is 17.6 Å². The first-order valence-corrected chi connectivity index (χ1v) is 12.7. The van der Waals surface area contributed by atoms with Crippen LogP contribution in [0.4, 0.5) is 23.7 Å². The molecule has 3 amide bonds. The van der Waals surface area contributed by atoms with Gasteiger partial charge in [-0.1, -0.05) is 0 Å². The smallest absolute Gasteiger partial charge is 0.416 e. The van der Waals surface area contributed by atoms with E-state index in [4.69, 9.17) is 4.74 Å². The molecule has 208 valence electrons. The zero-order valence-electron chi connectivity index (χ0n) is 21.6. The molecular formula is C27H30F3N5O4. The maximum Gasteiger partial charge on any atom is 0.416 e. The molecule has 2 aromatic carbocycles. The Morgan fingerprint density at radius 2 is 1.67 bits per heavy atom. The third kappa shape index (κ3) is 5.39. The molecule has 3 aliphatic heterocycles. The van der Waals surface area contributed by atoms with Crippen molar-refractivity contribution in [2.24, 2.45) is 0 Å². The molecule has 0 radical (unpaired) electrons. The van der Waals surface area contributed by atoms with Crippen molar-refractivity contribution in [2.75, 3.05) is 51.8 Å². The van der Waals surface area contributed by atoms with Gasteiger partial charge in [-0.25, -0.2) is 4.79 Å². The second-order valence-electron chi connectivity index (χ2n) is 10.0. The number of rotatable bonds is 5. The number of anilines is 1. The molecule has 0 saturated carbocycles. The Balaban J connectivity index is 1.11. The Labute approximate surface area is 224 Å². The number of fused-ring (bicyclic) bond motifs is 1. The lowest BCUT2D eigenvalue weighted by atomic mass is 10.0. The van der Waals surface area contributed by atoms with E-state index in [0.717, 1.165) is 17.7 Å². The van der Waals surface area contributed by atoms with E-state index in [9.17, 15) is 28.0 Å². The zero-order chi connectivity index (χ0) is 27.9. The number of carbonyl (C=O) groups is 2. The first-order chi connectivity index (χ1) is 18.5. The molecule has 3 aliphatic rings. The first-order valence-electron chi connectivity index (χ1n) is 12.7. The Hall–Kier alpha value is -3.77. The van der Waals surface area contributed by atoms with Crippen LogP contribution in [0.5, 0.6) is 5.75 Å². The van der Waals surface area contributed by atoms with Gasteiger partial charge in [0.25, 0.3) is 5.91 Å². The number of likely N-dealkylation sites (N-methyl/N-ethyl adjacent to an activating group) is 1. The van der Waals surface area contributed by atoms with E-state index in [-0.39, 0.29) is 35.7 Å². The van der Waals surface area contributed by atoms with Gasteiger partial charge >= 0.3 is 12.2 Å². The van der Waals surface area contributed by atoms with Crippen LogP contribution in [0.15, 0.2) is 60.4 Å². The number of hydrogen-bond acceptors (Lipinski definition) is 5. The minimum atomic E-state index is -4.37. The van der Waals surface area contributed by atoms with Crippen molar-refractivity contribution in [1.29, 1.82) is 0 Å². The number of piperazine rings is 1. The highest BCUT2D eigenvalue weighted by atomic mass is 19.4. The fourth-order valence-electron chi connectivity index (χ4n) is 5.38. The SMILES string of the molecule is CN1C=C2C(CC(c3ccc(OCC(=O)N4CCN(c5ccc(C(F)(F)F)cc5)CC4)cc3)[NH+]2[O-])N(C)C1=O. The van der Waals surface area contributed by atoms with Crippen LogP contribution in [-0.2, 0) is 11.0 Å². The van der Waals surface area contributed by atoms with Gasteiger partial charge in [0.2, 0.25) is 0 Å². The summed E-state index contributed by atoms with van der Waals surface area (Å²) in [6.45, 7) is 1.75. The van der Waals surface area contributed by atoms with Gasteiger partial charge in [-0.3, -0.25) is 9.69 Å². The summed E-state index contributed by atoms with van der Waals surface area (Å²) in [5, 5.41) is 13.0. The lowest BCUT2D eigenvalue weighted by molar-refractivity contribution is -0.831. The van der Waals surface area contributed by atoms with Crippen LogP contribution >= 0.6 is 0 Å². The molecule has 0 bridgehead atoms. The third-order valence-electron chi connectivity index (χ3n) is 7.66. The number of carbonyl (C=O) groups excluding carboxylic acids is 2. The van der Waals surface area contributed by atoms with Crippen LogP contribution in [0.25, 0.3) is 0 Å². The van der Waals surface area contributed by atoms with E-state index in [0.29, 0.717) is 49.7 Å². The molecular weight excluding hydrogens is 515 g/mol. The van der Waals surface area contributed by atoms with Gasteiger partial charge in [0, 0.05) is 57.9 Å². The summed E-state index contributed by atoms with van der Waals surface area (Å²) in [5.41, 5.74) is 1.46. The second kappa shape index (κ2) is 10.4. The zero-order valence-corrected chi connectivity index (χ0v) is 21.6. The molecule has 0 aromatic heterocycles. The van der Waals surface area contributed by atoms with Gasteiger partial charge in [-0.15, -0.1) is 0 Å². The summed E-state index contributed by atoms with van der Waals surface area (Å²) in [4.78, 5) is 31.6. The number of hydroxylamine groups is 2. The maximum absolute atomic E-state index is 13.0. The van der Waals surface area contributed by atoms with Crippen LogP contribution in [0, 0.1) is 5.21 Å². The minimum absolute atomic E-state index is 0.00508. The van der Waals surface area contributed by atoms with E-state index in [1.165, 1.54) is 17.0 Å². The van der Waals surface area contributed by atoms with Gasteiger partial charge in [-0.05, 0) is 48.5 Å². The maximum atomic E-state index is 13.0. The van der Waals surface area contributed by atoms with Crippen LogP contribution in [-0.4, -0.2) is 79.6 Å². The molecule has 39 heavy (non-hydrogen) atoms. The van der Waals surface area contributed by atoms with E-state index in [1.54, 1.807) is 42.2 Å². The van der Waals surface area contributed by atoms with Gasteiger partial charge in [0.15, 0.2) is 6.61 Å². The predicted octanol–water partition coefficient (Wildman–Crippen LogP) is 2.47. The van der Waals surface area contributed by atoms with E-state index in [2.05, 4.69) is 0 Å². The highest BCUT2D eigenvalue weighted by Crippen LogP contribution is 2.32. The van der Waals surface area contributed by atoms with Crippen molar-refractivity contribution in [3.63, 3.8) is 0 Å². The van der Waals surface area contributed by atoms with Crippen molar-refractivity contribution < 1.29 is 32.6 Å². The summed E-state index contributed by atoms with van der Waals surface area (Å²) >= 11 is 0. The molecule has 2 fully saturated rings. The van der Waals surface area contributed by atoms with Crippen molar-refractivity contribution in [1.82, 2.24) is 14.7 Å². The summed E-state index contributed by atoms with van der Waals surface area (Å²) < 4.78 is 44.1. The summed E-state index contributed by atoms with van der Waals surface area (Å²) in [6.07, 6.45) is -2.22. The van der Waals surface area contributed by atoms with Crippen LogP contribution in [0.3, 0.4) is 0 Å². The Kier molecular flexibility index (Phi) is 7.17. The van der Waals surface area contributed by atoms with Crippen molar-refractivity contribution in [3.05, 3.63) is 76.8 Å². The standard InChI is InChI=1S/C27H30F3N5O4/c1-31-16-24-23(32(2)26(31)37)15-22(35(24)38)18-3-9-21(10-4-18)39-17-25(36)34-13-11-33(12-14-34)20-7-5-19(6-8-20)27(28,29)30/h3-10,16,22-23,35H,11-15,17H2,1-2H3. The largest absolute Gasteiger partial charge is 0.629 e. The lowest BCUT2D eigenvalue weighted by Crippen LogP contribution is -3.04. The number of alkyl halides is 3. The van der Waals surface area contributed by atoms with Crippen molar-refractivity contribution in [3.8, 4) is 5.75 Å². The average molecular weight is 546 g/mol. The number of benzene rings is 2. The van der Waals surface area contributed by atoms with Gasteiger partial charge in [0.05, 0.1) is 11.8 Å². The normalized spacial score (nSPS) is 23.6. The molecule has 0 spiro atoms. The quantitative estimate of drug-likeness (QED) is 0.584. The number of hydrogen-bond donors (Lipinski definition) is 1. The van der Waals surface area contributed by atoms with Crippen LogP contribution in [0.1, 0.15) is 23.6 Å². The second-order valence-corrected chi connectivity index (χ2v) is 10.0. The lowest BCUT2D eigenvalue weighted by Gasteiger charge is -2.36. The number of halogens is 3. The summed E-state index contributed by atoms with van der Waals surface area (Å²) in [6, 6.07) is 11.4. The molecule has 5 rings (SSSR count). The number of nitrogens with one attached hydrogen (secondary N) is 1. The van der Waals surface area contributed by atoms with Crippen LogP contribution < -0.4 is 14.7 Å². The molecule has 2 saturated heterocycles. The van der Waals surface area contributed by atoms with Gasteiger partial charge in [-0.2, -0.15) is 13.2 Å². The fourth-order valence-corrected chi connectivity index (χ4v) is 5.38. The minimum Gasteiger partial charge on any atom is -0.629 e.